The summed E-state index contributed by atoms with van der Waals surface area (Å²) in [7, 11) is 0. The van der Waals surface area contributed by atoms with Crippen LogP contribution in [0.2, 0.25) is 0 Å². The van der Waals surface area contributed by atoms with E-state index >= 15 is 0 Å². The first-order chi connectivity index (χ1) is 16.9. The second-order valence-corrected chi connectivity index (χ2v) is 9.51. The van der Waals surface area contributed by atoms with Crippen LogP contribution in [0.3, 0.4) is 0 Å². The molecule has 1 fully saturated rings. The number of nitrogen functional groups attached to an aromatic ring is 2. The molecule has 0 atom stereocenters. The highest BCUT2D eigenvalue weighted by atomic mass is 16.5. The minimum atomic E-state index is -0.470. The van der Waals surface area contributed by atoms with E-state index in [1.165, 1.54) is 38.2 Å². The van der Waals surface area contributed by atoms with Crippen molar-refractivity contribution in [2.75, 3.05) is 11.5 Å². The van der Waals surface area contributed by atoms with Crippen molar-refractivity contribution in [2.45, 2.75) is 71.3 Å². The van der Waals surface area contributed by atoms with Gasteiger partial charge in [-0.15, -0.1) is 0 Å². The summed E-state index contributed by atoms with van der Waals surface area (Å²) < 4.78 is 10.9. The minimum Gasteiger partial charge on any atom is -0.458 e. The van der Waals surface area contributed by atoms with Crippen molar-refractivity contribution in [2.24, 2.45) is 11.8 Å². The van der Waals surface area contributed by atoms with Crippen LogP contribution in [0.25, 0.3) is 6.08 Å². The second kappa shape index (κ2) is 13.6. The lowest BCUT2D eigenvalue weighted by Crippen LogP contribution is -2.25. The van der Waals surface area contributed by atoms with Gasteiger partial charge in [0.25, 0.3) is 0 Å². The van der Waals surface area contributed by atoms with Gasteiger partial charge in [-0.1, -0.05) is 51.2 Å². The molecule has 4 N–H and O–H groups in total. The highest BCUT2D eigenvalue weighted by Gasteiger charge is 2.27. The zero-order chi connectivity index (χ0) is 25.0. The van der Waals surface area contributed by atoms with Crippen LogP contribution >= 0.6 is 0 Å². The van der Waals surface area contributed by atoms with Crippen LogP contribution in [0.5, 0.6) is 5.75 Å². The summed E-state index contributed by atoms with van der Waals surface area (Å²) in [6.45, 7) is 2.33. The normalized spacial score (nSPS) is 17.9. The second-order valence-electron chi connectivity index (χ2n) is 9.51. The van der Waals surface area contributed by atoms with E-state index in [9.17, 15) is 9.59 Å². The van der Waals surface area contributed by atoms with E-state index in [2.05, 4.69) is 6.92 Å². The number of rotatable bonds is 11. The number of carbonyl (C=O) groups excluding carboxylic acids is 2. The molecule has 0 heterocycles. The molecule has 6 heteroatoms. The molecular formula is C29H38N2O4. The molecular weight excluding hydrogens is 440 g/mol. The van der Waals surface area contributed by atoms with Crippen molar-refractivity contribution in [1.29, 1.82) is 0 Å². The molecule has 0 aromatic heterocycles. The molecule has 0 amide bonds. The smallest absolute Gasteiger partial charge is 0.331 e. The van der Waals surface area contributed by atoms with Crippen LogP contribution < -0.4 is 16.2 Å². The Balaban J connectivity index is 1.39. The number of carbonyl (C=O) groups is 2. The number of hydrogen-bond acceptors (Lipinski definition) is 6. The molecule has 0 saturated heterocycles. The first kappa shape index (κ1) is 26.3. The SMILES string of the molecule is CCCCCCC1CCC(C(=O)Oc2ccc(/C=C/C(=O)OCc3cc(N)cc(N)c3)cc2)CC1. The predicted molar refractivity (Wildman–Crippen MR) is 140 cm³/mol. The van der Waals surface area contributed by atoms with Crippen molar-refractivity contribution in [3.05, 3.63) is 59.7 Å². The summed E-state index contributed by atoms with van der Waals surface area (Å²) in [5.41, 5.74) is 14.1. The molecule has 0 unspecified atom stereocenters. The Kier molecular flexibility index (Phi) is 10.2. The Bertz CT molecular complexity index is 972. The number of hydrogen-bond donors (Lipinski definition) is 2. The highest BCUT2D eigenvalue weighted by Crippen LogP contribution is 2.33. The lowest BCUT2D eigenvalue weighted by molar-refractivity contribution is -0.140. The molecule has 2 aromatic carbocycles. The average molecular weight is 479 g/mol. The van der Waals surface area contributed by atoms with Gasteiger partial charge in [0.2, 0.25) is 0 Å². The van der Waals surface area contributed by atoms with Crippen molar-refractivity contribution in [1.82, 2.24) is 0 Å². The summed E-state index contributed by atoms with van der Waals surface area (Å²) in [4.78, 5) is 24.6. The van der Waals surface area contributed by atoms with Crippen molar-refractivity contribution in [3.8, 4) is 5.75 Å². The van der Waals surface area contributed by atoms with Crippen LogP contribution in [-0.2, 0) is 20.9 Å². The molecule has 0 aliphatic heterocycles. The number of unbranched alkanes of at least 4 members (excludes halogenated alkanes) is 3. The van der Waals surface area contributed by atoms with Gasteiger partial charge < -0.3 is 20.9 Å². The average Bonchev–Trinajstić information content (AvgIpc) is 2.85. The molecule has 0 radical (unpaired) electrons. The van der Waals surface area contributed by atoms with Gasteiger partial charge in [0, 0.05) is 17.5 Å². The zero-order valence-electron chi connectivity index (χ0n) is 20.7. The van der Waals surface area contributed by atoms with Gasteiger partial charge in [-0.25, -0.2) is 4.79 Å². The summed E-state index contributed by atoms with van der Waals surface area (Å²) >= 11 is 0. The number of nitrogens with two attached hydrogens (primary N) is 2. The predicted octanol–water partition coefficient (Wildman–Crippen LogP) is 6.29. The lowest BCUT2D eigenvalue weighted by Gasteiger charge is -2.27. The minimum absolute atomic E-state index is 0.00782. The van der Waals surface area contributed by atoms with Crippen molar-refractivity contribution >= 4 is 29.4 Å². The number of benzene rings is 2. The van der Waals surface area contributed by atoms with E-state index in [0.717, 1.165) is 42.7 Å². The topological polar surface area (TPSA) is 105 Å². The Hall–Kier alpha value is -3.28. The molecule has 6 nitrogen and oxygen atoms in total. The molecule has 0 bridgehead atoms. The Morgan fingerprint density at radius 3 is 2.29 bits per heavy atom. The number of ether oxygens (including phenoxy) is 2. The van der Waals surface area contributed by atoms with E-state index in [4.69, 9.17) is 20.9 Å². The number of esters is 2. The van der Waals surface area contributed by atoms with Gasteiger partial charge >= 0.3 is 11.9 Å². The van der Waals surface area contributed by atoms with E-state index < -0.39 is 5.97 Å². The molecule has 1 saturated carbocycles. The Morgan fingerprint density at radius 2 is 1.63 bits per heavy atom. The molecule has 188 valence electrons. The summed E-state index contributed by atoms with van der Waals surface area (Å²) in [5.74, 6) is 0.672. The zero-order valence-corrected chi connectivity index (χ0v) is 20.7. The van der Waals surface area contributed by atoms with E-state index in [0.29, 0.717) is 17.1 Å². The van der Waals surface area contributed by atoms with Crippen molar-refractivity contribution in [3.63, 3.8) is 0 Å². The molecule has 1 aliphatic carbocycles. The third-order valence-electron chi connectivity index (χ3n) is 6.57. The standard InChI is InChI=1S/C29H38N2O4/c1-2-3-4-5-6-21-7-12-24(13-8-21)29(33)35-27-14-9-22(10-15-27)11-16-28(32)34-20-23-17-25(30)19-26(31)18-23/h9-11,14-19,21,24H,2-8,12-13,20,30-31H2,1H3/b16-11+. The van der Waals surface area contributed by atoms with Crippen LogP contribution in [0.15, 0.2) is 48.5 Å². The lowest BCUT2D eigenvalue weighted by atomic mass is 9.80. The fraction of sp³-hybridized carbons (Fsp3) is 0.448. The quantitative estimate of drug-likeness (QED) is 0.129. The maximum absolute atomic E-state index is 12.6. The van der Waals surface area contributed by atoms with Crippen LogP contribution in [0.4, 0.5) is 11.4 Å². The van der Waals surface area contributed by atoms with Crippen LogP contribution in [0, 0.1) is 11.8 Å². The summed E-state index contributed by atoms with van der Waals surface area (Å²) in [6, 6.07) is 12.2. The molecule has 1 aliphatic rings. The summed E-state index contributed by atoms with van der Waals surface area (Å²) in [6.07, 6.45) is 13.6. The Labute approximate surface area is 208 Å². The largest absolute Gasteiger partial charge is 0.458 e. The maximum atomic E-state index is 12.6. The highest BCUT2D eigenvalue weighted by molar-refractivity contribution is 5.87. The first-order valence-corrected chi connectivity index (χ1v) is 12.7. The van der Waals surface area contributed by atoms with E-state index in [1.54, 1.807) is 48.5 Å². The molecule has 0 spiro atoms. The van der Waals surface area contributed by atoms with E-state index in [1.807, 2.05) is 0 Å². The van der Waals surface area contributed by atoms with E-state index in [-0.39, 0.29) is 18.5 Å². The third kappa shape index (κ3) is 9.12. The number of anilines is 2. The van der Waals surface area contributed by atoms with Gasteiger partial charge in [0.15, 0.2) is 0 Å². The van der Waals surface area contributed by atoms with Gasteiger partial charge in [-0.3, -0.25) is 4.79 Å². The Morgan fingerprint density at radius 1 is 0.943 bits per heavy atom. The molecule has 35 heavy (non-hydrogen) atoms. The molecule has 2 aromatic rings. The fourth-order valence-corrected chi connectivity index (χ4v) is 4.59. The maximum Gasteiger partial charge on any atom is 0.331 e. The monoisotopic (exact) mass is 478 g/mol. The first-order valence-electron chi connectivity index (χ1n) is 12.7. The third-order valence-corrected chi connectivity index (χ3v) is 6.57. The van der Waals surface area contributed by atoms with Gasteiger partial charge in [-0.05, 0) is 79.1 Å². The van der Waals surface area contributed by atoms with Gasteiger partial charge in [0.05, 0.1) is 5.92 Å². The van der Waals surface area contributed by atoms with Crippen molar-refractivity contribution < 1.29 is 19.1 Å². The van der Waals surface area contributed by atoms with Crippen LogP contribution in [0.1, 0.15) is 75.8 Å². The van der Waals surface area contributed by atoms with Gasteiger partial charge in [0.1, 0.15) is 12.4 Å². The van der Waals surface area contributed by atoms with Gasteiger partial charge in [-0.2, -0.15) is 0 Å². The van der Waals surface area contributed by atoms with Crippen LogP contribution in [-0.4, -0.2) is 11.9 Å². The summed E-state index contributed by atoms with van der Waals surface area (Å²) in [5, 5.41) is 0. The molecule has 3 rings (SSSR count). The fourth-order valence-electron chi connectivity index (χ4n) is 4.59.